The predicted octanol–water partition coefficient (Wildman–Crippen LogP) is -0.0109. The first-order valence-corrected chi connectivity index (χ1v) is 6.96. The molecule has 1 amide bonds. The summed E-state index contributed by atoms with van der Waals surface area (Å²) in [5.74, 6) is -0.267. The Balaban J connectivity index is 2.23. The van der Waals surface area contributed by atoms with Crippen LogP contribution >= 0.6 is 8.09 Å². The Kier molecular flexibility index (Phi) is 5.04. The average Bonchev–Trinajstić information content (AvgIpc) is 2.29. The Labute approximate surface area is 102 Å². The van der Waals surface area contributed by atoms with Crippen molar-refractivity contribution in [2.24, 2.45) is 5.41 Å². The van der Waals surface area contributed by atoms with Gasteiger partial charge in [-0.05, 0) is 6.08 Å². The van der Waals surface area contributed by atoms with Crippen LogP contribution in [0.15, 0.2) is 12.7 Å². The predicted molar refractivity (Wildman–Crippen MR) is 63.8 cm³/mol. The first kappa shape index (κ1) is 14.5. The Morgan fingerprint density at radius 3 is 2.59 bits per heavy atom. The van der Waals surface area contributed by atoms with Gasteiger partial charge in [-0.15, -0.1) is 5.09 Å². The van der Waals surface area contributed by atoms with Crippen molar-refractivity contribution >= 4 is 14.0 Å². The second-order valence-electron chi connectivity index (χ2n) is 4.61. The molecule has 0 saturated carbocycles. The molecular weight excluding hydrogens is 243 g/mol. The second-order valence-corrected chi connectivity index (χ2v) is 6.44. The monoisotopic (exact) mass is 262 g/mol. The lowest BCUT2D eigenvalue weighted by Gasteiger charge is -2.37. The largest absolute Gasteiger partial charge is 0.616 e. The standard InChI is InChI=1S/C10H19N2O4P/c1-4-9(13)11-5-6-12-17(14)15-7-10(2,3)8-16-17/h4H,1,5-8H2,2-3H3,(H,11,13)(H,12,14). The zero-order valence-corrected chi connectivity index (χ0v) is 11.1. The number of hydrogen-bond donors (Lipinski definition) is 2. The van der Waals surface area contributed by atoms with E-state index in [0.717, 1.165) is 0 Å². The summed E-state index contributed by atoms with van der Waals surface area (Å²) in [5, 5.41) is 5.23. The van der Waals surface area contributed by atoms with Crippen LogP contribution in [0.4, 0.5) is 0 Å². The molecule has 0 aliphatic carbocycles. The SMILES string of the molecule is C=CC(=O)NCCN[P+]1([O-])OCC(C)(C)CO1. The summed E-state index contributed by atoms with van der Waals surface area (Å²) in [6.45, 7) is 8.69. The van der Waals surface area contributed by atoms with Gasteiger partial charge in [0.1, 0.15) is 13.2 Å². The minimum absolute atomic E-state index is 0.118. The highest BCUT2D eigenvalue weighted by Crippen LogP contribution is 2.53. The summed E-state index contributed by atoms with van der Waals surface area (Å²) >= 11 is 0. The number of rotatable bonds is 5. The van der Waals surface area contributed by atoms with Crippen molar-refractivity contribution in [2.45, 2.75) is 13.8 Å². The van der Waals surface area contributed by atoms with E-state index in [2.05, 4.69) is 17.0 Å². The lowest BCUT2D eigenvalue weighted by atomic mass is 9.97. The quantitative estimate of drug-likeness (QED) is 0.413. The van der Waals surface area contributed by atoms with Gasteiger partial charge in [0.15, 0.2) is 0 Å². The van der Waals surface area contributed by atoms with E-state index < -0.39 is 8.09 Å². The van der Waals surface area contributed by atoms with Crippen molar-refractivity contribution < 1.29 is 18.7 Å². The van der Waals surface area contributed by atoms with E-state index >= 15 is 0 Å². The van der Waals surface area contributed by atoms with Crippen LogP contribution in [0.25, 0.3) is 0 Å². The van der Waals surface area contributed by atoms with E-state index in [4.69, 9.17) is 9.05 Å². The molecule has 6 nitrogen and oxygen atoms in total. The Morgan fingerprint density at radius 2 is 2.06 bits per heavy atom. The zero-order chi connectivity index (χ0) is 12.9. The summed E-state index contributed by atoms with van der Waals surface area (Å²) in [6.07, 6.45) is 1.18. The molecule has 2 N–H and O–H groups in total. The molecule has 17 heavy (non-hydrogen) atoms. The molecule has 98 valence electrons. The summed E-state index contributed by atoms with van der Waals surface area (Å²) in [5.41, 5.74) is -0.118. The van der Waals surface area contributed by atoms with Gasteiger partial charge < -0.3 is 10.2 Å². The van der Waals surface area contributed by atoms with Crippen LogP contribution in [0, 0.1) is 5.41 Å². The molecule has 1 fully saturated rings. The van der Waals surface area contributed by atoms with Crippen molar-refractivity contribution in [2.75, 3.05) is 26.3 Å². The molecule has 1 aliphatic heterocycles. The molecule has 1 saturated heterocycles. The van der Waals surface area contributed by atoms with Gasteiger partial charge in [-0.3, -0.25) is 4.79 Å². The van der Waals surface area contributed by atoms with Crippen LogP contribution in [0.5, 0.6) is 0 Å². The number of amides is 1. The van der Waals surface area contributed by atoms with E-state index in [-0.39, 0.29) is 11.3 Å². The molecule has 0 radical (unpaired) electrons. The summed E-state index contributed by atoms with van der Waals surface area (Å²) < 4.78 is 10.4. The molecule has 1 heterocycles. The van der Waals surface area contributed by atoms with Crippen LogP contribution in [0.2, 0.25) is 0 Å². The summed E-state index contributed by atoms with van der Waals surface area (Å²) in [6, 6.07) is 0. The normalized spacial score (nSPS) is 21.8. The maximum atomic E-state index is 11.9. The molecule has 0 aromatic carbocycles. The highest BCUT2D eigenvalue weighted by Gasteiger charge is 2.40. The van der Waals surface area contributed by atoms with Gasteiger partial charge in [0.2, 0.25) is 5.91 Å². The van der Waals surface area contributed by atoms with Gasteiger partial charge in [-0.25, -0.2) is 0 Å². The van der Waals surface area contributed by atoms with Gasteiger partial charge in [0.25, 0.3) is 0 Å². The van der Waals surface area contributed by atoms with Crippen molar-refractivity contribution in [3.63, 3.8) is 0 Å². The lowest BCUT2D eigenvalue weighted by Crippen LogP contribution is -2.42. The van der Waals surface area contributed by atoms with E-state index in [9.17, 15) is 9.69 Å². The number of carbonyl (C=O) groups excluding carboxylic acids is 1. The Morgan fingerprint density at radius 1 is 1.47 bits per heavy atom. The highest BCUT2D eigenvalue weighted by atomic mass is 31.2. The number of carbonyl (C=O) groups is 1. The molecule has 0 aromatic heterocycles. The first-order valence-electron chi connectivity index (χ1n) is 5.41. The minimum Gasteiger partial charge on any atom is -0.616 e. The first-order chi connectivity index (χ1) is 7.87. The van der Waals surface area contributed by atoms with Crippen molar-refractivity contribution in [3.05, 3.63) is 12.7 Å². The van der Waals surface area contributed by atoms with Crippen molar-refractivity contribution in [1.29, 1.82) is 0 Å². The molecule has 0 bridgehead atoms. The molecule has 1 rings (SSSR count). The third-order valence-corrected chi connectivity index (χ3v) is 3.71. The average molecular weight is 262 g/mol. The van der Waals surface area contributed by atoms with Crippen molar-refractivity contribution in [1.82, 2.24) is 10.4 Å². The Hall–Kier alpha value is -0.520. The van der Waals surface area contributed by atoms with Crippen LogP contribution in [-0.2, 0) is 13.8 Å². The van der Waals surface area contributed by atoms with E-state index in [1.54, 1.807) is 0 Å². The number of nitrogens with one attached hydrogen (secondary N) is 2. The molecule has 0 aromatic rings. The van der Waals surface area contributed by atoms with E-state index in [1.165, 1.54) is 6.08 Å². The molecular formula is C10H19N2O4P. The van der Waals surface area contributed by atoms with Crippen LogP contribution in [0.3, 0.4) is 0 Å². The molecule has 0 atom stereocenters. The summed E-state index contributed by atoms with van der Waals surface area (Å²) in [7, 11) is -3.19. The fourth-order valence-corrected chi connectivity index (χ4v) is 2.82. The van der Waals surface area contributed by atoms with Gasteiger partial charge in [-0.2, -0.15) is 9.05 Å². The van der Waals surface area contributed by atoms with E-state index in [1.807, 2.05) is 13.8 Å². The highest BCUT2D eigenvalue weighted by molar-refractivity contribution is 7.57. The molecule has 0 unspecified atom stereocenters. The maximum absolute atomic E-state index is 11.9. The van der Waals surface area contributed by atoms with Crippen molar-refractivity contribution in [3.8, 4) is 0 Å². The van der Waals surface area contributed by atoms with Crippen LogP contribution in [-0.4, -0.2) is 32.2 Å². The fraction of sp³-hybridized carbons (Fsp3) is 0.700. The lowest BCUT2D eigenvalue weighted by molar-refractivity contribution is -0.237. The van der Waals surface area contributed by atoms with E-state index in [0.29, 0.717) is 26.3 Å². The summed E-state index contributed by atoms with van der Waals surface area (Å²) in [4.78, 5) is 22.8. The third kappa shape index (κ3) is 5.10. The molecule has 0 spiro atoms. The van der Waals surface area contributed by atoms with Gasteiger partial charge in [0, 0.05) is 12.0 Å². The zero-order valence-electron chi connectivity index (χ0n) is 10.2. The molecule has 1 aliphatic rings. The molecule has 7 heteroatoms. The fourth-order valence-electron chi connectivity index (χ4n) is 1.14. The van der Waals surface area contributed by atoms with Gasteiger partial charge >= 0.3 is 8.09 Å². The van der Waals surface area contributed by atoms with Gasteiger partial charge in [-0.1, -0.05) is 20.4 Å². The minimum atomic E-state index is -3.19. The second kappa shape index (κ2) is 5.89. The topological polar surface area (TPSA) is 82.7 Å². The third-order valence-electron chi connectivity index (χ3n) is 2.17. The van der Waals surface area contributed by atoms with Gasteiger partial charge in [0.05, 0.1) is 6.54 Å². The Bertz CT molecular complexity index is 286. The van der Waals surface area contributed by atoms with Crippen LogP contribution in [0.1, 0.15) is 13.8 Å². The smallest absolute Gasteiger partial charge is 0.312 e. The number of hydrogen-bond acceptors (Lipinski definition) is 5. The van der Waals surface area contributed by atoms with Crippen LogP contribution < -0.4 is 15.3 Å². The maximum Gasteiger partial charge on any atom is 0.312 e.